The molecule has 3 rings (SSSR count). The van der Waals surface area contributed by atoms with E-state index < -0.39 is 0 Å². The molecule has 21 heavy (non-hydrogen) atoms. The van der Waals surface area contributed by atoms with Crippen LogP contribution in [0.2, 0.25) is 0 Å². The number of nitrogens with one attached hydrogen (secondary N) is 2. The molecule has 6 heteroatoms. The van der Waals surface area contributed by atoms with Gasteiger partial charge in [-0.1, -0.05) is 6.92 Å². The van der Waals surface area contributed by atoms with E-state index in [9.17, 15) is 0 Å². The van der Waals surface area contributed by atoms with Crippen molar-refractivity contribution in [1.82, 2.24) is 15.8 Å². The average Bonchev–Trinajstić information content (AvgIpc) is 2.79. The highest BCUT2D eigenvalue weighted by Crippen LogP contribution is 2.34. The second-order valence-electron chi connectivity index (χ2n) is 5.18. The van der Waals surface area contributed by atoms with Crippen LogP contribution in [-0.2, 0) is 0 Å². The summed E-state index contributed by atoms with van der Waals surface area (Å²) in [5, 5.41) is 0.992. The molecule has 2 atom stereocenters. The van der Waals surface area contributed by atoms with Gasteiger partial charge in [0.15, 0.2) is 0 Å². The molecule has 0 amide bonds. The Hall–Kier alpha value is -1.66. The summed E-state index contributed by atoms with van der Waals surface area (Å²) in [5.74, 6) is 2.05. The van der Waals surface area contributed by atoms with Crippen molar-refractivity contribution in [2.24, 2.45) is 10.9 Å². The van der Waals surface area contributed by atoms with E-state index in [0.29, 0.717) is 12.0 Å². The molecule has 2 N–H and O–H groups in total. The molecular weight excluding hydrogens is 332 g/mol. The SMILES string of the molecule is COc1cc2nccc(N=C3NNC(C)C3C)c2cc1Br. The monoisotopic (exact) mass is 348 g/mol. The second kappa shape index (κ2) is 5.61. The molecule has 0 radical (unpaired) electrons. The number of ether oxygens (including phenoxy) is 1. The smallest absolute Gasteiger partial charge is 0.135 e. The van der Waals surface area contributed by atoms with Gasteiger partial charge in [-0.15, -0.1) is 0 Å². The first kappa shape index (κ1) is 14.3. The van der Waals surface area contributed by atoms with Crippen LogP contribution in [0.15, 0.2) is 33.9 Å². The summed E-state index contributed by atoms with van der Waals surface area (Å²) in [5.41, 5.74) is 8.10. The molecule has 1 aromatic heterocycles. The van der Waals surface area contributed by atoms with Crippen molar-refractivity contribution in [1.29, 1.82) is 0 Å². The molecule has 2 heterocycles. The Kier molecular flexibility index (Phi) is 3.82. The highest BCUT2D eigenvalue weighted by molar-refractivity contribution is 9.10. The molecule has 1 fully saturated rings. The molecule has 1 saturated heterocycles. The van der Waals surface area contributed by atoms with Gasteiger partial charge in [-0.3, -0.25) is 4.98 Å². The molecule has 0 aliphatic carbocycles. The number of halogens is 1. The minimum atomic E-state index is 0.343. The van der Waals surface area contributed by atoms with Crippen molar-refractivity contribution < 1.29 is 4.74 Å². The molecule has 0 saturated carbocycles. The van der Waals surface area contributed by atoms with Crippen LogP contribution in [0.5, 0.6) is 5.75 Å². The van der Waals surface area contributed by atoms with Crippen LogP contribution in [0.3, 0.4) is 0 Å². The third-order valence-corrected chi connectivity index (χ3v) is 4.46. The topological polar surface area (TPSA) is 58.5 Å². The summed E-state index contributed by atoms with van der Waals surface area (Å²) < 4.78 is 6.21. The van der Waals surface area contributed by atoms with Gasteiger partial charge < -0.3 is 10.2 Å². The molecule has 2 aromatic rings. The summed E-state index contributed by atoms with van der Waals surface area (Å²) in [7, 11) is 1.65. The lowest BCUT2D eigenvalue weighted by Gasteiger charge is -2.09. The number of amidine groups is 1. The van der Waals surface area contributed by atoms with Crippen LogP contribution in [0, 0.1) is 5.92 Å². The van der Waals surface area contributed by atoms with E-state index in [1.54, 1.807) is 13.3 Å². The average molecular weight is 349 g/mol. The van der Waals surface area contributed by atoms with Gasteiger partial charge in [-0.25, -0.2) is 10.4 Å². The molecular formula is C15H17BrN4O. The Morgan fingerprint density at radius 1 is 1.33 bits per heavy atom. The zero-order valence-corrected chi connectivity index (χ0v) is 13.7. The second-order valence-corrected chi connectivity index (χ2v) is 6.03. The number of fused-ring (bicyclic) bond motifs is 1. The van der Waals surface area contributed by atoms with Crippen molar-refractivity contribution in [3.05, 3.63) is 28.9 Å². The van der Waals surface area contributed by atoms with Gasteiger partial charge in [0, 0.05) is 29.6 Å². The number of aliphatic imine (C=N–C) groups is 1. The predicted octanol–water partition coefficient (Wildman–Crippen LogP) is 3.17. The summed E-state index contributed by atoms with van der Waals surface area (Å²) in [6, 6.07) is 6.20. The van der Waals surface area contributed by atoms with Crippen molar-refractivity contribution in [2.75, 3.05) is 7.11 Å². The third-order valence-electron chi connectivity index (χ3n) is 3.84. The normalized spacial score (nSPS) is 23.5. The summed E-state index contributed by atoms with van der Waals surface area (Å²) in [4.78, 5) is 9.15. The van der Waals surface area contributed by atoms with Gasteiger partial charge >= 0.3 is 0 Å². The lowest BCUT2D eigenvalue weighted by Crippen LogP contribution is -2.29. The fourth-order valence-corrected chi connectivity index (χ4v) is 2.81. The van der Waals surface area contributed by atoms with Gasteiger partial charge in [0.2, 0.25) is 0 Å². The summed E-state index contributed by atoms with van der Waals surface area (Å²) in [6.07, 6.45) is 1.77. The minimum absolute atomic E-state index is 0.343. The number of methoxy groups -OCH3 is 1. The molecule has 1 aliphatic rings. The Bertz CT molecular complexity index is 716. The van der Waals surface area contributed by atoms with Crippen molar-refractivity contribution in [3.8, 4) is 5.75 Å². The van der Waals surface area contributed by atoms with E-state index in [4.69, 9.17) is 9.73 Å². The number of aromatic nitrogens is 1. The predicted molar refractivity (Wildman–Crippen MR) is 88.0 cm³/mol. The van der Waals surface area contributed by atoms with Crippen LogP contribution in [0.25, 0.3) is 10.9 Å². The fourth-order valence-electron chi connectivity index (χ4n) is 2.31. The van der Waals surface area contributed by atoms with E-state index >= 15 is 0 Å². The van der Waals surface area contributed by atoms with E-state index in [-0.39, 0.29) is 0 Å². The first-order valence-corrected chi connectivity index (χ1v) is 7.62. The van der Waals surface area contributed by atoms with Crippen LogP contribution in [-0.4, -0.2) is 24.0 Å². The van der Waals surface area contributed by atoms with Gasteiger partial charge in [0.25, 0.3) is 0 Å². The number of nitrogens with zero attached hydrogens (tertiary/aromatic N) is 2. The molecule has 2 unspecified atom stereocenters. The zero-order chi connectivity index (χ0) is 15.0. The lowest BCUT2D eigenvalue weighted by molar-refractivity contribution is 0.412. The van der Waals surface area contributed by atoms with Crippen molar-refractivity contribution in [3.63, 3.8) is 0 Å². The number of pyridine rings is 1. The molecule has 1 aliphatic heterocycles. The Balaban J connectivity index is 2.11. The minimum Gasteiger partial charge on any atom is -0.495 e. The Labute approximate surface area is 131 Å². The van der Waals surface area contributed by atoms with E-state index in [2.05, 4.69) is 45.6 Å². The van der Waals surface area contributed by atoms with Gasteiger partial charge in [0.05, 0.1) is 22.8 Å². The standard InChI is InChI=1S/C15H17BrN4O/c1-8-9(2)19-20-15(8)18-12-4-5-17-13-7-14(21-3)11(16)6-10(12)13/h4-9,19H,1-3H3,(H,17,18,20). The molecule has 5 nitrogen and oxygen atoms in total. The van der Waals surface area contributed by atoms with Crippen molar-refractivity contribution in [2.45, 2.75) is 19.9 Å². The Morgan fingerprint density at radius 2 is 2.14 bits per heavy atom. The maximum Gasteiger partial charge on any atom is 0.135 e. The number of hydrazine groups is 1. The lowest BCUT2D eigenvalue weighted by atomic mass is 10.1. The highest BCUT2D eigenvalue weighted by Gasteiger charge is 2.25. The molecule has 0 bridgehead atoms. The molecule has 110 valence electrons. The first-order valence-electron chi connectivity index (χ1n) is 6.82. The Morgan fingerprint density at radius 3 is 2.81 bits per heavy atom. The summed E-state index contributed by atoms with van der Waals surface area (Å²) in [6.45, 7) is 4.28. The van der Waals surface area contributed by atoms with Crippen LogP contribution in [0.4, 0.5) is 5.69 Å². The molecule has 0 spiro atoms. The maximum absolute atomic E-state index is 5.31. The third kappa shape index (κ3) is 2.61. The number of rotatable bonds is 2. The van der Waals surface area contributed by atoms with E-state index in [1.165, 1.54) is 0 Å². The highest BCUT2D eigenvalue weighted by atomic mass is 79.9. The first-order chi connectivity index (χ1) is 10.1. The van der Waals surface area contributed by atoms with Crippen molar-refractivity contribution >= 4 is 38.4 Å². The maximum atomic E-state index is 5.31. The number of benzene rings is 1. The number of hydrogen-bond acceptors (Lipinski definition) is 4. The van der Waals surface area contributed by atoms with Gasteiger partial charge in [-0.2, -0.15) is 0 Å². The van der Waals surface area contributed by atoms with Gasteiger partial charge in [0.1, 0.15) is 11.6 Å². The summed E-state index contributed by atoms with van der Waals surface area (Å²) >= 11 is 3.52. The van der Waals surface area contributed by atoms with Crippen LogP contribution < -0.4 is 15.6 Å². The van der Waals surface area contributed by atoms with Crippen LogP contribution >= 0.6 is 15.9 Å². The van der Waals surface area contributed by atoms with Gasteiger partial charge in [-0.05, 0) is 35.0 Å². The largest absolute Gasteiger partial charge is 0.495 e. The molecule has 1 aromatic carbocycles. The van der Waals surface area contributed by atoms with E-state index in [1.807, 2.05) is 18.2 Å². The number of hydrogen-bond donors (Lipinski definition) is 2. The quantitative estimate of drug-likeness (QED) is 0.875. The van der Waals surface area contributed by atoms with Crippen LogP contribution in [0.1, 0.15) is 13.8 Å². The van der Waals surface area contributed by atoms with E-state index in [0.717, 1.165) is 32.6 Å². The zero-order valence-electron chi connectivity index (χ0n) is 12.1. The fraction of sp³-hybridized carbons (Fsp3) is 0.333.